The maximum Gasteiger partial charge on any atom is 0.254 e. The number of carbonyl (C=O) groups is 2. The van der Waals surface area contributed by atoms with Crippen LogP contribution in [0, 0.1) is 0 Å². The van der Waals surface area contributed by atoms with Crippen LogP contribution >= 0.6 is 0 Å². The topological polar surface area (TPSA) is 83.5 Å². The van der Waals surface area contributed by atoms with Gasteiger partial charge < -0.3 is 4.90 Å². The molecule has 0 aliphatic carbocycles. The predicted molar refractivity (Wildman–Crippen MR) is 131 cm³/mol. The number of nitrogens with zero attached hydrogens (tertiary/aromatic N) is 1. The van der Waals surface area contributed by atoms with E-state index in [0.717, 1.165) is 31.4 Å². The van der Waals surface area contributed by atoms with Crippen molar-refractivity contribution in [1.82, 2.24) is 9.62 Å². The summed E-state index contributed by atoms with van der Waals surface area (Å²) in [7, 11) is -3.71. The van der Waals surface area contributed by atoms with Gasteiger partial charge in [0, 0.05) is 30.3 Å². The predicted octanol–water partition coefficient (Wildman–Crippen LogP) is 4.22. The highest BCUT2D eigenvalue weighted by Crippen LogP contribution is 2.23. The Balaban J connectivity index is 1.37. The Hall–Kier alpha value is -3.29. The summed E-state index contributed by atoms with van der Waals surface area (Å²) in [6, 6.07) is 23.3. The minimum absolute atomic E-state index is 0.0103. The van der Waals surface area contributed by atoms with Crippen molar-refractivity contribution in [3.63, 3.8) is 0 Å². The Kier molecular flexibility index (Phi) is 7.24. The number of likely N-dealkylation sites (tertiary alicyclic amines) is 1. The summed E-state index contributed by atoms with van der Waals surface area (Å²) in [5.41, 5.74) is 3.04. The van der Waals surface area contributed by atoms with Crippen LogP contribution in [0.25, 0.3) is 0 Å². The summed E-state index contributed by atoms with van der Waals surface area (Å²) >= 11 is 0. The van der Waals surface area contributed by atoms with Crippen molar-refractivity contribution >= 4 is 21.7 Å². The van der Waals surface area contributed by atoms with Gasteiger partial charge in [-0.1, -0.05) is 54.6 Å². The first-order valence-electron chi connectivity index (χ1n) is 11.4. The molecule has 34 heavy (non-hydrogen) atoms. The zero-order valence-corrected chi connectivity index (χ0v) is 19.9. The highest BCUT2D eigenvalue weighted by Gasteiger charge is 2.29. The fourth-order valence-electron chi connectivity index (χ4n) is 4.26. The monoisotopic (exact) mass is 476 g/mol. The third-order valence-corrected chi connectivity index (χ3v) is 7.61. The standard InChI is InChI=1S/C27H28N2O4S/c1-20(30)23-13-15-26(16-14-23)34(32,33)28-19-22-9-11-24(12-10-22)27(31)29-17-5-8-25(29)18-21-6-3-2-4-7-21/h2-4,6-7,9-16,25,28H,5,8,17-19H2,1H3. The van der Waals surface area contributed by atoms with E-state index in [1.807, 2.05) is 23.1 Å². The van der Waals surface area contributed by atoms with Crippen LogP contribution in [0.4, 0.5) is 0 Å². The number of Topliss-reactive ketones (excluding diaryl/α,β-unsaturated/α-hetero) is 1. The summed E-state index contributed by atoms with van der Waals surface area (Å²) in [4.78, 5) is 26.6. The van der Waals surface area contributed by atoms with E-state index >= 15 is 0 Å². The molecule has 1 unspecified atom stereocenters. The molecule has 176 valence electrons. The third-order valence-electron chi connectivity index (χ3n) is 6.19. The Morgan fingerprint density at radius 2 is 1.53 bits per heavy atom. The molecule has 1 atom stereocenters. The van der Waals surface area contributed by atoms with Crippen LogP contribution in [-0.2, 0) is 23.0 Å². The van der Waals surface area contributed by atoms with E-state index in [4.69, 9.17) is 0 Å². The van der Waals surface area contributed by atoms with Crippen molar-refractivity contribution in [3.8, 4) is 0 Å². The fourth-order valence-corrected chi connectivity index (χ4v) is 5.28. The maximum atomic E-state index is 13.1. The average molecular weight is 477 g/mol. The van der Waals surface area contributed by atoms with Gasteiger partial charge in [-0.15, -0.1) is 0 Å². The molecule has 1 aliphatic rings. The van der Waals surface area contributed by atoms with E-state index < -0.39 is 10.0 Å². The molecule has 7 heteroatoms. The molecule has 0 spiro atoms. The minimum Gasteiger partial charge on any atom is -0.335 e. The van der Waals surface area contributed by atoms with Crippen molar-refractivity contribution in [2.24, 2.45) is 0 Å². The number of amides is 1. The second kappa shape index (κ2) is 10.3. The molecular weight excluding hydrogens is 448 g/mol. The summed E-state index contributed by atoms with van der Waals surface area (Å²) in [6.45, 7) is 2.29. The molecule has 0 radical (unpaired) electrons. The molecule has 6 nitrogen and oxygen atoms in total. The highest BCUT2D eigenvalue weighted by atomic mass is 32.2. The lowest BCUT2D eigenvalue weighted by molar-refractivity contribution is 0.0736. The first-order valence-corrected chi connectivity index (χ1v) is 12.9. The molecule has 1 fully saturated rings. The lowest BCUT2D eigenvalue weighted by atomic mass is 10.0. The molecule has 1 N–H and O–H groups in total. The van der Waals surface area contributed by atoms with Gasteiger partial charge in [0.2, 0.25) is 10.0 Å². The summed E-state index contributed by atoms with van der Waals surface area (Å²) in [6.07, 6.45) is 2.84. The lowest BCUT2D eigenvalue weighted by Gasteiger charge is -2.25. The summed E-state index contributed by atoms with van der Waals surface area (Å²) < 4.78 is 27.7. The molecule has 1 heterocycles. The molecule has 4 rings (SSSR count). The molecule has 0 saturated carbocycles. The van der Waals surface area contributed by atoms with Gasteiger partial charge in [0.05, 0.1) is 4.90 Å². The zero-order valence-electron chi connectivity index (χ0n) is 19.1. The third kappa shape index (κ3) is 5.61. The number of hydrogen-bond acceptors (Lipinski definition) is 4. The number of ketones is 1. The van der Waals surface area contributed by atoms with Gasteiger partial charge in [-0.2, -0.15) is 0 Å². The quantitative estimate of drug-likeness (QED) is 0.494. The van der Waals surface area contributed by atoms with Gasteiger partial charge >= 0.3 is 0 Å². The molecular formula is C27H28N2O4S. The Labute approximate surface area is 200 Å². The summed E-state index contributed by atoms with van der Waals surface area (Å²) in [5, 5.41) is 0. The Morgan fingerprint density at radius 1 is 0.882 bits per heavy atom. The fraction of sp³-hybridized carbons (Fsp3) is 0.259. The number of hydrogen-bond donors (Lipinski definition) is 1. The van der Waals surface area contributed by atoms with Crippen LogP contribution in [0.15, 0.2) is 83.8 Å². The lowest BCUT2D eigenvalue weighted by Crippen LogP contribution is -2.36. The van der Waals surface area contributed by atoms with E-state index in [1.54, 1.807) is 24.3 Å². The van der Waals surface area contributed by atoms with Gasteiger partial charge in [0.1, 0.15) is 0 Å². The minimum atomic E-state index is -3.71. The van der Waals surface area contributed by atoms with Crippen molar-refractivity contribution in [3.05, 3.63) is 101 Å². The van der Waals surface area contributed by atoms with Crippen molar-refractivity contribution in [1.29, 1.82) is 0 Å². The van der Waals surface area contributed by atoms with E-state index in [0.29, 0.717) is 11.1 Å². The largest absolute Gasteiger partial charge is 0.335 e. The van der Waals surface area contributed by atoms with E-state index in [9.17, 15) is 18.0 Å². The van der Waals surface area contributed by atoms with Crippen LogP contribution in [-0.4, -0.2) is 37.6 Å². The molecule has 0 aromatic heterocycles. The second-order valence-corrected chi connectivity index (χ2v) is 10.4. The van der Waals surface area contributed by atoms with Crippen LogP contribution in [0.5, 0.6) is 0 Å². The van der Waals surface area contributed by atoms with Crippen LogP contribution in [0.2, 0.25) is 0 Å². The van der Waals surface area contributed by atoms with Crippen molar-refractivity contribution in [2.45, 2.75) is 43.7 Å². The van der Waals surface area contributed by atoms with Crippen molar-refractivity contribution in [2.75, 3.05) is 6.54 Å². The number of nitrogens with one attached hydrogen (secondary N) is 1. The number of sulfonamides is 1. The molecule has 3 aromatic carbocycles. The smallest absolute Gasteiger partial charge is 0.254 e. The molecule has 1 amide bonds. The normalized spacial score (nSPS) is 15.9. The van der Waals surface area contributed by atoms with Crippen LogP contribution in [0.1, 0.15) is 51.6 Å². The van der Waals surface area contributed by atoms with Crippen molar-refractivity contribution < 1.29 is 18.0 Å². The molecule has 1 saturated heterocycles. The van der Waals surface area contributed by atoms with Gasteiger partial charge in [-0.25, -0.2) is 13.1 Å². The summed E-state index contributed by atoms with van der Waals surface area (Å²) in [5.74, 6) is -0.108. The molecule has 0 bridgehead atoms. The SMILES string of the molecule is CC(=O)c1ccc(S(=O)(=O)NCc2ccc(C(=O)N3CCCC3Cc3ccccc3)cc2)cc1. The second-order valence-electron chi connectivity index (χ2n) is 8.59. The average Bonchev–Trinajstić information content (AvgIpc) is 3.31. The van der Waals surface area contributed by atoms with Gasteiger partial charge in [-0.05, 0) is 61.6 Å². The number of carbonyl (C=O) groups excluding carboxylic acids is 2. The zero-order chi connectivity index (χ0) is 24.1. The highest BCUT2D eigenvalue weighted by molar-refractivity contribution is 7.89. The first kappa shape index (κ1) is 23.9. The van der Waals surface area contributed by atoms with Gasteiger partial charge in [0.15, 0.2) is 5.78 Å². The van der Waals surface area contributed by atoms with E-state index in [2.05, 4.69) is 16.9 Å². The van der Waals surface area contributed by atoms with E-state index in [-0.39, 0.29) is 29.2 Å². The Morgan fingerprint density at radius 3 is 2.18 bits per heavy atom. The van der Waals surface area contributed by atoms with Gasteiger partial charge in [-0.3, -0.25) is 9.59 Å². The van der Waals surface area contributed by atoms with E-state index in [1.165, 1.54) is 36.8 Å². The number of rotatable bonds is 8. The van der Waals surface area contributed by atoms with Crippen LogP contribution < -0.4 is 4.72 Å². The van der Waals surface area contributed by atoms with Crippen LogP contribution in [0.3, 0.4) is 0 Å². The maximum absolute atomic E-state index is 13.1. The Bertz CT molecular complexity index is 1250. The number of benzene rings is 3. The molecule has 1 aliphatic heterocycles. The molecule has 3 aromatic rings. The first-order chi connectivity index (χ1) is 16.3. The van der Waals surface area contributed by atoms with Gasteiger partial charge in [0.25, 0.3) is 5.91 Å².